The summed E-state index contributed by atoms with van der Waals surface area (Å²) in [7, 11) is 1.62. The number of nitrogens with one attached hydrogen (secondary N) is 2. The van der Waals surface area contributed by atoms with Gasteiger partial charge >= 0.3 is 0 Å². The second-order valence-corrected chi connectivity index (χ2v) is 3.60. The lowest BCUT2D eigenvalue weighted by Gasteiger charge is -2.12. The largest absolute Gasteiger partial charge is 0.385 e. The average Bonchev–Trinajstić information content (AvgIpc) is 2.26. The summed E-state index contributed by atoms with van der Waals surface area (Å²) in [6, 6.07) is 2.87. The second kappa shape index (κ2) is 6.07. The van der Waals surface area contributed by atoms with E-state index in [1.165, 1.54) is 12.3 Å². The Balaban J connectivity index is 2.55. The molecular weight excluding hydrogens is 208 g/mol. The number of H-pyrrole nitrogens is 1. The minimum absolute atomic E-state index is 0.0201. The van der Waals surface area contributed by atoms with Gasteiger partial charge in [0.05, 0.1) is 0 Å². The van der Waals surface area contributed by atoms with E-state index in [9.17, 15) is 9.59 Å². The van der Waals surface area contributed by atoms with Gasteiger partial charge in [-0.3, -0.25) is 9.59 Å². The monoisotopic (exact) mass is 224 g/mol. The third-order valence-corrected chi connectivity index (χ3v) is 2.17. The molecule has 88 valence electrons. The molecule has 0 spiro atoms. The molecule has 0 aromatic carbocycles. The van der Waals surface area contributed by atoms with Gasteiger partial charge in [-0.15, -0.1) is 0 Å². The molecule has 0 aliphatic carbocycles. The number of carbonyl (C=O) groups is 1. The van der Waals surface area contributed by atoms with Crippen LogP contribution >= 0.6 is 0 Å². The fraction of sp³-hybridized carbons (Fsp3) is 0.455. The van der Waals surface area contributed by atoms with Gasteiger partial charge in [-0.05, 0) is 19.4 Å². The minimum atomic E-state index is -0.280. The normalized spacial score (nSPS) is 12.1. The van der Waals surface area contributed by atoms with Gasteiger partial charge in [0.15, 0.2) is 0 Å². The van der Waals surface area contributed by atoms with Crippen LogP contribution in [0.15, 0.2) is 23.1 Å². The Morgan fingerprint density at radius 3 is 3.00 bits per heavy atom. The molecule has 0 aliphatic rings. The molecule has 0 saturated heterocycles. The van der Waals surface area contributed by atoms with Crippen LogP contribution in [0, 0.1) is 0 Å². The van der Waals surface area contributed by atoms with E-state index in [1.54, 1.807) is 13.2 Å². The van der Waals surface area contributed by atoms with Gasteiger partial charge in [0, 0.05) is 37.6 Å². The number of carbonyl (C=O) groups excluding carboxylic acids is 1. The summed E-state index contributed by atoms with van der Waals surface area (Å²) in [5.41, 5.74) is 0.0882. The second-order valence-electron chi connectivity index (χ2n) is 3.60. The standard InChI is InChI=1S/C11H16N2O3/c1-8(4-6-16-2)13-11(15)9-3-5-12-10(14)7-9/h3,5,7-8H,4,6H2,1-2H3,(H,12,14)(H,13,15). The molecule has 1 amide bonds. The molecule has 0 radical (unpaired) electrons. The number of aromatic amines is 1. The maximum atomic E-state index is 11.7. The van der Waals surface area contributed by atoms with Gasteiger partial charge in [0.2, 0.25) is 5.56 Å². The lowest BCUT2D eigenvalue weighted by atomic mass is 10.2. The number of ether oxygens (including phenoxy) is 1. The predicted octanol–water partition coefficient (Wildman–Crippen LogP) is 0.530. The van der Waals surface area contributed by atoms with Crippen LogP contribution < -0.4 is 10.9 Å². The first-order valence-electron chi connectivity index (χ1n) is 5.12. The molecule has 16 heavy (non-hydrogen) atoms. The number of methoxy groups -OCH3 is 1. The Bertz CT molecular complexity index is 400. The molecule has 1 unspecified atom stereocenters. The van der Waals surface area contributed by atoms with E-state index in [4.69, 9.17) is 4.74 Å². The van der Waals surface area contributed by atoms with Crippen LogP contribution in [0.1, 0.15) is 23.7 Å². The number of rotatable bonds is 5. The van der Waals surface area contributed by atoms with Gasteiger partial charge in [0.1, 0.15) is 0 Å². The molecule has 0 aliphatic heterocycles. The minimum Gasteiger partial charge on any atom is -0.385 e. The molecule has 1 atom stereocenters. The first kappa shape index (κ1) is 12.4. The quantitative estimate of drug-likeness (QED) is 0.766. The topological polar surface area (TPSA) is 71.2 Å². The van der Waals surface area contributed by atoms with Gasteiger partial charge in [-0.2, -0.15) is 0 Å². The van der Waals surface area contributed by atoms with E-state index in [2.05, 4.69) is 10.3 Å². The lowest BCUT2D eigenvalue weighted by Crippen LogP contribution is -2.33. The molecular formula is C11H16N2O3. The molecule has 0 saturated carbocycles. The maximum Gasteiger partial charge on any atom is 0.251 e. The summed E-state index contributed by atoms with van der Waals surface area (Å²) in [5.74, 6) is -0.241. The van der Waals surface area contributed by atoms with Crippen LogP contribution in [0.3, 0.4) is 0 Å². The molecule has 1 heterocycles. The summed E-state index contributed by atoms with van der Waals surface area (Å²) in [6.45, 7) is 2.49. The highest BCUT2D eigenvalue weighted by molar-refractivity contribution is 5.94. The van der Waals surface area contributed by atoms with Crippen molar-refractivity contribution < 1.29 is 9.53 Å². The van der Waals surface area contributed by atoms with E-state index < -0.39 is 0 Å². The Morgan fingerprint density at radius 2 is 2.38 bits per heavy atom. The molecule has 0 bridgehead atoms. The summed E-state index contributed by atoms with van der Waals surface area (Å²) in [4.78, 5) is 25.1. The number of aromatic nitrogens is 1. The number of hydrogen-bond acceptors (Lipinski definition) is 3. The van der Waals surface area contributed by atoms with Crippen molar-refractivity contribution in [2.45, 2.75) is 19.4 Å². The highest BCUT2D eigenvalue weighted by atomic mass is 16.5. The third-order valence-electron chi connectivity index (χ3n) is 2.17. The van der Waals surface area contributed by atoms with E-state index in [0.717, 1.165) is 6.42 Å². The number of amides is 1. The van der Waals surface area contributed by atoms with Crippen molar-refractivity contribution in [3.8, 4) is 0 Å². The number of hydrogen-bond donors (Lipinski definition) is 2. The smallest absolute Gasteiger partial charge is 0.251 e. The van der Waals surface area contributed by atoms with E-state index in [1.807, 2.05) is 6.92 Å². The summed E-state index contributed by atoms with van der Waals surface area (Å²) in [5, 5.41) is 2.79. The van der Waals surface area contributed by atoms with Crippen LogP contribution in [0.5, 0.6) is 0 Å². The van der Waals surface area contributed by atoms with Crippen LogP contribution in [0.4, 0.5) is 0 Å². The SMILES string of the molecule is COCCC(C)NC(=O)c1cc[nH]c(=O)c1. The van der Waals surface area contributed by atoms with Crippen molar-refractivity contribution >= 4 is 5.91 Å². The van der Waals surface area contributed by atoms with E-state index in [-0.39, 0.29) is 17.5 Å². The van der Waals surface area contributed by atoms with Crippen molar-refractivity contribution in [2.75, 3.05) is 13.7 Å². The van der Waals surface area contributed by atoms with E-state index in [0.29, 0.717) is 12.2 Å². The number of pyridine rings is 1. The first-order valence-corrected chi connectivity index (χ1v) is 5.12. The van der Waals surface area contributed by atoms with Crippen LogP contribution in [-0.2, 0) is 4.74 Å². The van der Waals surface area contributed by atoms with Crippen molar-refractivity contribution in [1.82, 2.24) is 10.3 Å². The Kier molecular flexibility index (Phi) is 4.72. The zero-order valence-corrected chi connectivity index (χ0v) is 9.45. The Morgan fingerprint density at radius 1 is 1.62 bits per heavy atom. The van der Waals surface area contributed by atoms with Crippen LogP contribution in [0.2, 0.25) is 0 Å². The van der Waals surface area contributed by atoms with Crippen molar-refractivity contribution in [3.05, 3.63) is 34.2 Å². The third kappa shape index (κ3) is 3.86. The van der Waals surface area contributed by atoms with Crippen LogP contribution in [0.25, 0.3) is 0 Å². The van der Waals surface area contributed by atoms with Gasteiger partial charge in [-0.25, -0.2) is 0 Å². The zero-order chi connectivity index (χ0) is 12.0. The molecule has 1 aromatic heterocycles. The molecule has 1 aromatic rings. The highest BCUT2D eigenvalue weighted by Gasteiger charge is 2.09. The fourth-order valence-corrected chi connectivity index (χ4v) is 1.26. The maximum absolute atomic E-state index is 11.7. The van der Waals surface area contributed by atoms with Crippen LogP contribution in [-0.4, -0.2) is 30.6 Å². The lowest BCUT2D eigenvalue weighted by molar-refractivity contribution is 0.0929. The molecule has 5 nitrogen and oxygen atoms in total. The molecule has 5 heteroatoms. The van der Waals surface area contributed by atoms with Gasteiger partial charge in [0.25, 0.3) is 5.91 Å². The molecule has 0 fully saturated rings. The van der Waals surface area contributed by atoms with Crippen molar-refractivity contribution in [3.63, 3.8) is 0 Å². The summed E-state index contributed by atoms with van der Waals surface area (Å²) >= 11 is 0. The zero-order valence-electron chi connectivity index (χ0n) is 9.45. The molecule has 2 N–H and O–H groups in total. The van der Waals surface area contributed by atoms with Gasteiger partial charge < -0.3 is 15.0 Å². The Labute approximate surface area is 93.8 Å². The Hall–Kier alpha value is -1.62. The van der Waals surface area contributed by atoms with Crippen molar-refractivity contribution in [2.24, 2.45) is 0 Å². The van der Waals surface area contributed by atoms with E-state index >= 15 is 0 Å². The highest BCUT2D eigenvalue weighted by Crippen LogP contribution is 1.96. The molecule has 1 rings (SSSR count). The predicted molar refractivity (Wildman–Crippen MR) is 60.5 cm³/mol. The van der Waals surface area contributed by atoms with Crippen molar-refractivity contribution in [1.29, 1.82) is 0 Å². The first-order chi connectivity index (χ1) is 7.63. The summed E-state index contributed by atoms with van der Waals surface area (Å²) < 4.78 is 4.91. The fourth-order valence-electron chi connectivity index (χ4n) is 1.26. The van der Waals surface area contributed by atoms with Gasteiger partial charge in [-0.1, -0.05) is 0 Å². The summed E-state index contributed by atoms with van der Waals surface area (Å²) in [6.07, 6.45) is 2.20. The average molecular weight is 224 g/mol.